The SMILES string of the molecule is COc1ccc2nc3nc4c(cc3cc2c1)C(=O)CC(C)(C)C4. The molecule has 0 spiro atoms. The van der Waals surface area contributed by atoms with Crippen LogP contribution in [-0.4, -0.2) is 22.9 Å². The Kier molecular flexibility index (Phi) is 2.92. The van der Waals surface area contributed by atoms with E-state index < -0.39 is 0 Å². The van der Waals surface area contributed by atoms with Gasteiger partial charge in [0.25, 0.3) is 0 Å². The van der Waals surface area contributed by atoms with Crippen molar-refractivity contribution in [2.45, 2.75) is 26.7 Å². The van der Waals surface area contributed by atoms with Crippen LogP contribution in [0.1, 0.15) is 36.3 Å². The molecule has 2 aromatic heterocycles. The molecule has 0 unspecified atom stereocenters. The lowest BCUT2D eigenvalue weighted by molar-refractivity contribution is 0.0910. The van der Waals surface area contributed by atoms with Crippen LogP contribution in [0, 0.1) is 5.41 Å². The van der Waals surface area contributed by atoms with Gasteiger partial charge in [0.1, 0.15) is 5.75 Å². The average Bonchev–Trinajstić information content (AvgIpc) is 2.50. The molecular formula is C19H18N2O2. The molecule has 0 atom stereocenters. The average molecular weight is 306 g/mol. The van der Waals surface area contributed by atoms with Crippen molar-refractivity contribution in [3.63, 3.8) is 0 Å². The van der Waals surface area contributed by atoms with E-state index >= 15 is 0 Å². The lowest BCUT2D eigenvalue weighted by Crippen LogP contribution is -2.27. The van der Waals surface area contributed by atoms with Gasteiger partial charge in [-0.25, -0.2) is 9.97 Å². The predicted molar refractivity (Wildman–Crippen MR) is 90.0 cm³/mol. The smallest absolute Gasteiger partial charge is 0.165 e. The number of ketones is 1. The molecule has 0 fully saturated rings. The molecule has 0 saturated carbocycles. The molecule has 0 radical (unpaired) electrons. The van der Waals surface area contributed by atoms with Gasteiger partial charge in [0.2, 0.25) is 0 Å². The Balaban J connectivity index is 1.96. The van der Waals surface area contributed by atoms with Crippen molar-refractivity contribution >= 4 is 27.7 Å². The minimum Gasteiger partial charge on any atom is -0.497 e. The van der Waals surface area contributed by atoms with Gasteiger partial charge in [0.05, 0.1) is 18.3 Å². The van der Waals surface area contributed by atoms with E-state index in [1.165, 1.54) is 0 Å². The number of aromatic nitrogens is 2. The monoisotopic (exact) mass is 306 g/mol. The molecule has 4 heteroatoms. The first-order valence-corrected chi connectivity index (χ1v) is 7.77. The minimum absolute atomic E-state index is 0.0328. The van der Waals surface area contributed by atoms with Gasteiger partial charge in [0.15, 0.2) is 11.4 Å². The van der Waals surface area contributed by atoms with Gasteiger partial charge in [-0.15, -0.1) is 0 Å². The van der Waals surface area contributed by atoms with Crippen LogP contribution >= 0.6 is 0 Å². The molecule has 23 heavy (non-hydrogen) atoms. The van der Waals surface area contributed by atoms with Crippen molar-refractivity contribution in [2.24, 2.45) is 5.41 Å². The van der Waals surface area contributed by atoms with Gasteiger partial charge in [-0.1, -0.05) is 13.8 Å². The summed E-state index contributed by atoms with van der Waals surface area (Å²) in [4.78, 5) is 21.8. The van der Waals surface area contributed by atoms with Crippen LogP contribution in [0.2, 0.25) is 0 Å². The van der Waals surface area contributed by atoms with E-state index in [2.05, 4.69) is 18.8 Å². The summed E-state index contributed by atoms with van der Waals surface area (Å²) in [7, 11) is 1.65. The number of Topliss-reactive ketones (excluding diaryl/α,β-unsaturated/α-hetero) is 1. The Bertz CT molecular complexity index is 960. The third-order valence-electron chi connectivity index (χ3n) is 4.47. The van der Waals surface area contributed by atoms with Gasteiger partial charge in [-0.05, 0) is 42.2 Å². The zero-order valence-corrected chi connectivity index (χ0v) is 13.5. The maximum atomic E-state index is 12.4. The van der Waals surface area contributed by atoms with E-state index in [1.54, 1.807) is 7.11 Å². The van der Waals surface area contributed by atoms with Gasteiger partial charge in [0, 0.05) is 22.8 Å². The molecule has 0 aliphatic heterocycles. The third-order valence-corrected chi connectivity index (χ3v) is 4.47. The quantitative estimate of drug-likeness (QED) is 0.639. The molecular weight excluding hydrogens is 288 g/mol. The maximum absolute atomic E-state index is 12.4. The second-order valence-corrected chi connectivity index (χ2v) is 7.02. The van der Waals surface area contributed by atoms with E-state index in [0.717, 1.165) is 39.7 Å². The zero-order chi connectivity index (χ0) is 16.2. The lowest BCUT2D eigenvalue weighted by Gasteiger charge is -2.29. The zero-order valence-electron chi connectivity index (χ0n) is 13.5. The fourth-order valence-corrected chi connectivity index (χ4v) is 3.33. The Morgan fingerprint density at radius 1 is 1.04 bits per heavy atom. The predicted octanol–water partition coefficient (Wildman–Crippen LogP) is 3.95. The van der Waals surface area contributed by atoms with Crippen molar-refractivity contribution in [1.29, 1.82) is 0 Å². The summed E-state index contributed by atoms with van der Waals surface area (Å²) >= 11 is 0. The molecule has 2 heterocycles. The number of fused-ring (bicyclic) bond motifs is 3. The molecule has 1 aliphatic carbocycles. The van der Waals surface area contributed by atoms with Crippen molar-refractivity contribution in [1.82, 2.24) is 9.97 Å². The number of ether oxygens (including phenoxy) is 1. The normalized spacial score (nSPS) is 16.6. The number of hydrogen-bond acceptors (Lipinski definition) is 4. The minimum atomic E-state index is -0.0328. The van der Waals surface area contributed by atoms with Crippen LogP contribution in [0.4, 0.5) is 0 Å². The fraction of sp³-hybridized carbons (Fsp3) is 0.316. The van der Waals surface area contributed by atoms with Crippen LogP contribution < -0.4 is 4.74 Å². The van der Waals surface area contributed by atoms with Crippen LogP contribution in [0.3, 0.4) is 0 Å². The molecule has 0 saturated heterocycles. The van der Waals surface area contributed by atoms with E-state index in [-0.39, 0.29) is 11.2 Å². The Hall–Kier alpha value is -2.49. The summed E-state index contributed by atoms with van der Waals surface area (Å²) in [6.45, 7) is 4.22. The van der Waals surface area contributed by atoms with Gasteiger partial charge >= 0.3 is 0 Å². The highest BCUT2D eigenvalue weighted by atomic mass is 16.5. The first-order chi connectivity index (χ1) is 10.9. The van der Waals surface area contributed by atoms with Crippen LogP contribution in [0.5, 0.6) is 5.75 Å². The van der Waals surface area contributed by atoms with E-state index in [0.29, 0.717) is 12.1 Å². The highest BCUT2D eigenvalue weighted by Gasteiger charge is 2.32. The fourth-order valence-electron chi connectivity index (χ4n) is 3.33. The summed E-state index contributed by atoms with van der Waals surface area (Å²) in [5.41, 5.74) is 3.17. The summed E-state index contributed by atoms with van der Waals surface area (Å²) in [5, 5.41) is 1.89. The van der Waals surface area contributed by atoms with Crippen molar-refractivity contribution < 1.29 is 9.53 Å². The van der Waals surface area contributed by atoms with Crippen LogP contribution in [0.25, 0.3) is 21.9 Å². The number of methoxy groups -OCH3 is 1. The summed E-state index contributed by atoms with van der Waals surface area (Å²) in [5.74, 6) is 0.971. The number of pyridine rings is 2. The summed E-state index contributed by atoms with van der Waals surface area (Å²) in [6, 6.07) is 9.75. The number of nitrogens with zero attached hydrogens (tertiary/aromatic N) is 2. The van der Waals surface area contributed by atoms with Gasteiger partial charge in [-0.2, -0.15) is 0 Å². The first-order valence-electron chi connectivity index (χ1n) is 7.77. The summed E-state index contributed by atoms with van der Waals surface area (Å²) < 4.78 is 5.27. The molecule has 4 nitrogen and oxygen atoms in total. The topological polar surface area (TPSA) is 52.1 Å². The summed E-state index contributed by atoms with van der Waals surface area (Å²) in [6.07, 6.45) is 1.38. The number of hydrogen-bond donors (Lipinski definition) is 0. The molecule has 3 aromatic rings. The Morgan fingerprint density at radius 2 is 1.87 bits per heavy atom. The standard InChI is InChI=1S/C19H18N2O2/c1-19(2)9-16-14(17(22)10-19)8-12-6-11-7-13(23-3)4-5-15(11)20-18(12)21-16/h4-8H,9-10H2,1-3H3. The second-order valence-electron chi connectivity index (χ2n) is 7.02. The molecule has 0 bridgehead atoms. The van der Waals surface area contributed by atoms with Crippen molar-refractivity contribution in [2.75, 3.05) is 7.11 Å². The van der Waals surface area contributed by atoms with Crippen molar-refractivity contribution in [3.05, 3.63) is 41.6 Å². The molecule has 1 aliphatic rings. The highest BCUT2D eigenvalue weighted by Crippen LogP contribution is 2.35. The van der Waals surface area contributed by atoms with E-state index in [1.807, 2.05) is 30.3 Å². The molecule has 4 rings (SSSR count). The second kappa shape index (κ2) is 4.75. The highest BCUT2D eigenvalue weighted by molar-refractivity contribution is 6.02. The number of benzene rings is 1. The Labute approximate surface area is 134 Å². The van der Waals surface area contributed by atoms with Gasteiger partial charge in [-0.3, -0.25) is 4.79 Å². The molecule has 116 valence electrons. The molecule has 0 amide bonds. The van der Waals surface area contributed by atoms with Crippen LogP contribution in [0.15, 0.2) is 30.3 Å². The van der Waals surface area contributed by atoms with Crippen molar-refractivity contribution in [3.8, 4) is 5.75 Å². The maximum Gasteiger partial charge on any atom is 0.165 e. The molecule has 0 N–H and O–H groups in total. The van der Waals surface area contributed by atoms with E-state index in [9.17, 15) is 4.79 Å². The number of rotatable bonds is 1. The lowest BCUT2D eigenvalue weighted by atomic mass is 9.75. The Morgan fingerprint density at radius 3 is 2.65 bits per heavy atom. The third kappa shape index (κ3) is 2.34. The van der Waals surface area contributed by atoms with E-state index in [4.69, 9.17) is 9.72 Å². The number of carbonyl (C=O) groups excluding carboxylic acids is 1. The molecule has 1 aromatic carbocycles. The van der Waals surface area contributed by atoms with Gasteiger partial charge < -0.3 is 4.74 Å². The largest absolute Gasteiger partial charge is 0.497 e. The first kappa shape index (κ1) is 14.1. The van der Waals surface area contributed by atoms with Crippen LogP contribution in [-0.2, 0) is 6.42 Å². The number of carbonyl (C=O) groups is 1.